The number of morpholine rings is 1. The Labute approximate surface area is 149 Å². The molecule has 0 bridgehead atoms. The number of nitrogens with zero attached hydrogens (tertiary/aromatic N) is 1. The molecule has 2 aromatic rings. The predicted molar refractivity (Wildman–Crippen MR) is 101 cm³/mol. The molecule has 0 unspecified atom stereocenters. The van der Waals surface area contributed by atoms with E-state index in [9.17, 15) is 4.79 Å². The van der Waals surface area contributed by atoms with Crippen LogP contribution in [0.1, 0.15) is 16.7 Å². The lowest BCUT2D eigenvalue weighted by Crippen LogP contribution is -2.35. The number of hydrogen-bond acceptors (Lipinski definition) is 3. The van der Waals surface area contributed by atoms with Crippen LogP contribution >= 0.6 is 0 Å². The molecular formula is C20H25N3O2. The number of amides is 2. The first-order valence-electron chi connectivity index (χ1n) is 8.64. The summed E-state index contributed by atoms with van der Waals surface area (Å²) < 4.78 is 5.37. The van der Waals surface area contributed by atoms with Gasteiger partial charge in [-0.25, -0.2) is 4.79 Å². The van der Waals surface area contributed by atoms with Gasteiger partial charge in [0.15, 0.2) is 0 Å². The quantitative estimate of drug-likeness (QED) is 0.891. The number of ether oxygens (including phenoxy) is 1. The lowest BCUT2D eigenvalue weighted by Gasteiger charge is -2.26. The van der Waals surface area contributed by atoms with Crippen molar-refractivity contribution in [1.29, 1.82) is 0 Å². The Kier molecular flexibility index (Phi) is 5.68. The Balaban J connectivity index is 1.54. The summed E-state index contributed by atoms with van der Waals surface area (Å²) in [5.41, 5.74) is 5.08. The van der Waals surface area contributed by atoms with Crippen molar-refractivity contribution in [2.75, 3.05) is 36.9 Å². The normalized spacial score (nSPS) is 15.0. The number of anilines is 2. The number of benzene rings is 2. The van der Waals surface area contributed by atoms with Gasteiger partial charge >= 0.3 is 6.03 Å². The van der Waals surface area contributed by atoms with Crippen molar-refractivity contribution in [2.45, 2.75) is 20.4 Å². The molecule has 0 spiro atoms. The molecule has 5 nitrogen and oxygen atoms in total. The average Bonchev–Trinajstić information content (AvgIpc) is 2.60. The molecule has 1 saturated heterocycles. The summed E-state index contributed by atoms with van der Waals surface area (Å²) in [6.07, 6.45) is 0. The van der Waals surface area contributed by atoms with Crippen LogP contribution in [0.15, 0.2) is 42.5 Å². The first-order valence-corrected chi connectivity index (χ1v) is 8.64. The zero-order valence-corrected chi connectivity index (χ0v) is 14.8. The number of rotatable bonds is 4. The van der Waals surface area contributed by atoms with Gasteiger partial charge in [-0.3, -0.25) is 4.90 Å². The summed E-state index contributed by atoms with van der Waals surface area (Å²) in [5, 5.41) is 5.77. The van der Waals surface area contributed by atoms with E-state index < -0.39 is 0 Å². The fraction of sp³-hybridized carbons (Fsp3) is 0.350. The molecule has 2 amide bonds. The lowest BCUT2D eigenvalue weighted by molar-refractivity contribution is 0.0342. The molecule has 0 saturated carbocycles. The monoisotopic (exact) mass is 339 g/mol. The van der Waals surface area contributed by atoms with Crippen molar-refractivity contribution in [1.82, 2.24) is 4.90 Å². The topological polar surface area (TPSA) is 53.6 Å². The number of carbonyl (C=O) groups excluding carboxylic acids is 1. The smallest absolute Gasteiger partial charge is 0.323 e. The zero-order valence-electron chi connectivity index (χ0n) is 14.8. The molecule has 0 aromatic heterocycles. The van der Waals surface area contributed by atoms with Crippen LogP contribution < -0.4 is 10.6 Å². The Morgan fingerprint density at radius 1 is 1.04 bits per heavy atom. The van der Waals surface area contributed by atoms with E-state index >= 15 is 0 Å². The van der Waals surface area contributed by atoms with Gasteiger partial charge in [-0.05, 0) is 43.2 Å². The maximum Gasteiger partial charge on any atom is 0.323 e. The molecule has 0 radical (unpaired) electrons. The van der Waals surface area contributed by atoms with Gasteiger partial charge in [-0.15, -0.1) is 0 Å². The standard InChI is InChI=1S/C20H25N3O2/c1-15-3-8-19(16(2)13-15)22-20(24)21-18-6-4-17(5-7-18)14-23-9-11-25-12-10-23/h3-8,13H,9-12,14H2,1-2H3,(H2,21,22,24). The molecule has 5 heteroatoms. The van der Waals surface area contributed by atoms with Crippen LogP contribution in [0, 0.1) is 13.8 Å². The van der Waals surface area contributed by atoms with E-state index in [4.69, 9.17) is 4.74 Å². The third-order valence-electron chi connectivity index (χ3n) is 4.35. The number of aryl methyl sites for hydroxylation is 2. The Morgan fingerprint density at radius 2 is 1.76 bits per heavy atom. The highest BCUT2D eigenvalue weighted by Gasteiger charge is 2.11. The van der Waals surface area contributed by atoms with E-state index in [2.05, 4.69) is 33.7 Å². The highest BCUT2D eigenvalue weighted by Crippen LogP contribution is 2.17. The van der Waals surface area contributed by atoms with Crippen LogP contribution in [0.2, 0.25) is 0 Å². The molecular weight excluding hydrogens is 314 g/mol. The maximum atomic E-state index is 12.2. The first kappa shape index (κ1) is 17.5. The molecule has 25 heavy (non-hydrogen) atoms. The van der Waals surface area contributed by atoms with Gasteiger partial charge in [0.2, 0.25) is 0 Å². The predicted octanol–water partition coefficient (Wildman–Crippen LogP) is 3.78. The summed E-state index contributed by atoms with van der Waals surface area (Å²) in [7, 11) is 0. The summed E-state index contributed by atoms with van der Waals surface area (Å²) >= 11 is 0. The molecule has 2 N–H and O–H groups in total. The van der Waals surface area contributed by atoms with Crippen molar-refractivity contribution in [2.24, 2.45) is 0 Å². The summed E-state index contributed by atoms with van der Waals surface area (Å²) in [4.78, 5) is 14.6. The van der Waals surface area contributed by atoms with Gasteiger partial charge in [0, 0.05) is 31.0 Å². The zero-order chi connectivity index (χ0) is 17.6. The minimum absolute atomic E-state index is 0.229. The van der Waals surface area contributed by atoms with Crippen LogP contribution in [-0.2, 0) is 11.3 Å². The van der Waals surface area contributed by atoms with Crippen LogP contribution in [0.25, 0.3) is 0 Å². The van der Waals surface area contributed by atoms with Gasteiger partial charge < -0.3 is 15.4 Å². The number of urea groups is 1. The van der Waals surface area contributed by atoms with Crippen molar-refractivity contribution >= 4 is 17.4 Å². The third-order valence-corrected chi connectivity index (χ3v) is 4.35. The summed E-state index contributed by atoms with van der Waals surface area (Å²) in [5.74, 6) is 0. The third kappa shape index (κ3) is 5.05. The van der Waals surface area contributed by atoms with Crippen molar-refractivity contribution in [3.8, 4) is 0 Å². The number of hydrogen-bond donors (Lipinski definition) is 2. The van der Waals surface area contributed by atoms with E-state index in [-0.39, 0.29) is 6.03 Å². The van der Waals surface area contributed by atoms with Gasteiger partial charge in [0.05, 0.1) is 13.2 Å². The van der Waals surface area contributed by atoms with Gasteiger partial charge in [0.25, 0.3) is 0 Å². The molecule has 3 rings (SSSR count). The Bertz CT molecular complexity index is 722. The largest absolute Gasteiger partial charge is 0.379 e. The van der Waals surface area contributed by atoms with E-state index in [0.717, 1.165) is 49.8 Å². The van der Waals surface area contributed by atoms with E-state index in [1.54, 1.807) is 0 Å². The van der Waals surface area contributed by atoms with E-state index in [1.807, 2.05) is 38.1 Å². The highest BCUT2D eigenvalue weighted by atomic mass is 16.5. The Hall–Kier alpha value is -2.37. The number of carbonyl (C=O) groups is 1. The molecule has 1 fully saturated rings. The van der Waals surface area contributed by atoms with Gasteiger partial charge in [-0.2, -0.15) is 0 Å². The summed E-state index contributed by atoms with van der Waals surface area (Å²) in [6, 6.07) is 13.7. The van der Waals surface area contributed by atoms with Crippen molar-refractivity contribution in [3.05, 3.63) is 59.2 Å². The molecule has 0 atom stereocenters. The fourth-order valence-electron chi connectivity index (χ4n) is 2.95. The molecule has 1 aliphatic heterocycles. The summed E-state index contributed by atoms with van der Waals surface area (Å²) in [6.45, 7) is 8.49. The van der Waals surface area contributed by atoms with Crippen LogP contribution in [-0.4, -0.2) is 37.2 Å². The highest BCUT2D eigenvalue weighted by molar-refractivity contribution is 6.00. The van der Waals surface area contributed by atoms with Gasteiger partial charge in [-0.1, -0.05) is 29.8 Å². The Morgan fingerprint density at radius 3 is 2.44 bits per heavy atom. The van der Waals surface area contributed by atoms with Crippen molar-refractivity contribution in [3.63, 3.8) is 0 Å². The maximum absolute atomic E-state index is 12.2. The fourth-order valence-corrected chi connectivity index (χ4v) is 2.95. The minimum Gasteiger partial charge on any atom is -0.379 e. The minimum atomic E-state index is -0.229. The van der Waals surface area contributed by atoms with Gasteiger partial charge in [0.1, 0.15) is 0 Å². The molecule has 132 valence electrons. The second-order valence-corrected chi connectivity index (χ2v) is 6.48. The molecule has 0 aliphatic carbocycles. The number of nitrogens with one attached hydrogen (secondary N) is 2. The SMILES string of the molecule is Cc1ccc(NC(=O)Nc2ccc(CN3CCOCC3)cc2)c(C)c1. The van der Waals surface area contributed by atoms with Crippen LogP contribution in [0.3, 0.4) is 0 Å². The van der Waals surface area contributed by atoms with E-state index in [1.165, 1.54) is 11.1 Å². The van der Waals surface area contributed by atoms with Crippen molar-refractivity contribution < 1.29 is 9.53 Å². The second-order valence-electron chi connectivity index (χ2n) is 6.48. The van der Waals surface area contributed by atoms with Crippen LogP contribution in [0.4, 0.5) is 16.2 Å². The molecule has 1 heterocycles. The second kappa shape index (κ2) is 8.14. The molecule has 2 aromatic carbocycles. The van der Waals surface area contributed by atoms with E-state index in [0.29, 0.717) is 0 Å². The lowest BCUT2D eigenvalue weighted by atomic mass is 10.1. The molecule has 1 aliphatic rings. The van der Waals surface area contributed by atoms with Crippen LogP contribution in [0.5, 0.6) is 0 Å². The average molecular weight is 339 g/mol. The first-order chi connectivity index (χ1) is 12.1.